The average Bonchev–Trinajstić information content (AvgIpc) is 3.30. The molecule has 0 aromatic heterocycles. The molecule has 0 spiro atoms. The third-order valence-corrected chi connectivity index (χ3v) is 3.74. The molecule has 0 heterocycles. The van der Waals surface area contributed by atoms with E-state index in [0.29, 0.717) is 6.54 Å². The number of hydrogen-bond donors (Lipinski definition) is 2. The second-order valence-electron chi connectivity index (χ2n) is 5.35. The Labute approximate surface area is 125 Å². The number of aliphatic carboxylic acids is 1. The van der Waals surface area contributed by atoms with Crippen molar-refractivity contribution in [1.82, 2.24) is 10.2 Å². The maximum Gasteiger partial charge on any atom is 0.317 e. The van der Waals surface area contributed by atoms with Gasteiger partial charge in [-0.15, -0.1) is 0 Å². The summed E-state index contributed by atoms with van der Waals surface area (Å²) < 4.78 is 0. The van der Waals surface area contributed by atoms with Gasteiger partial charge in [0.25, 0.3) is 0 Å². The van der Waals surface area contributed by atoms with Crippen LogP contribution in [0.5, 0.6) is 0 Å². The number of amides is 2. The average molecular weight is 290 g/mol. The van der Waals surface area contributed by atoms with Crippen LogP contribution in [0.15, 0.2) is 24.3 Å². The maximum absolute atomic E-state index is 12.2. The normalized spacial score (nSPS) is 13.8. The van der Waals surface area contributed by atoms with Crippen LogP contribution in [0.1, 0.15) is 37.3 Å². The number of benzene rings is 1. The molecule has 0 bridgehead atoms. The summed E-state index contributed by atoms with van der Waals surface area (Å²) in [6, 6.07) is 8.08. The van der Waals surface area contributed by atoms with Crippen LogP contribution in [0.4, 0.5) is 4.79 Å². The van der Waals surface area contributed by atoms with E-state index in [-0.39, 0.29) is 25.0 Å². The first-order chi connectivity index (χ1) is 10.1. The first-order valence-corrected chi connectivity index (χ1v) is 7.45. The van der Waals surface area contributed by atoms with Gasteiger partial charge >= 0.3 is 12.0 Å². The van der Waals surface area contributed by atoms with Crippen LogP contribution in [0.3, 0.4) is 0 Å². The lowest BCUT2D eigenvalue weighted by molar-refractivity contribution is -0.137. The molecule has 2 amide bonds. The van der Waals surface area contributed by atoms with E-state index < -0.39 is 5.97 Å². The fourth-order valence-corrected chi connectivity index (χ4v) is 2.40. The zero-order chi connectivity index (χ0) is 15.2. The molecular weight excluding hydrogens is 268 g/mol. The van der Waals surface area contributed by atoms with Crippen molar-refractivity contribution in [2.24, 2.45) is 0 Å². The van der Waals surface area contributed by atoms with Crippen LogP contribution in [-0.2, 0) is 17.8 Å². The maximum atomic E-state index is 12.2. The number of rotatable bonds is 7. The first-order valence-electron chi connectivity index (χ1n) is 7.45. The molecule has 21 heavy (non-hydrogen) atoms. The topological polar surface area (TPSA) is 69.6 Å². The van der Waals surface area contributed by atoms with E-state index in [0.717, 1.165) is 24.8 Å². The fourth-order valence-electron chi connectivity index (χ4n) is 2.40. The Hall–Kier alpha value is -2.04. The molecule has 0 aliphatic heterocycles. The highest BCUT2D eigenvalue weighted by Gasteiger charge is 2.32. The number of carbonyl (C=O) groups excluding carboxylic acids is 1. The third-order valence-electron chi connectivity index (χ3n) is 3.74. The number of nitrogens with one attached hydrogen (secondary N) is 1. The molecule has 0 saturated heterocycles. The summed E-state index contributed by atoms with van der Waals surface area (Å²) in [5, 5.41) is 11.7. The molecule has 0 unspecified atom stereocenters. The van der Waals surface area contributed by atoms with Crippen LogP contribution >= 0.6 is 0 Å². The van der Waals surface area contributed by atoms with Gasteiger partial charge in [-0.1, -0.05) is 31.2 Å². The molecule has 1 saturated carbocycles. The molecule has 2 rings (SSSR count). The van der Waals surface area contributed by atoms with Crippen LogP contribution in [-0.4, -0.2) is 34.6 Å². The van der Waals surface area contributed by atoms with Gasteiger partial charge in [-0.25, -0.2) is 4.79 Å². The van der Waals surface area contributed by atoms with Crippen molar-refractivity contribution in [2.75, 3.05) is 6.54 Å². The Morgan fingerprint density at radius 3 is 2.52 bits per heavy atom. The molecule has 0 radical (unpaired) electrons. The Kier molecular flexibility index (Phi) is 5.20. The lowest BCUT2D eigenvalue weighted by atomic mass is 10.1. The van der Waals surface area contributed by atoms with Crippen molar-refractivity contribution in [2.45, 2.75) is 45.2 Å². The van der Waals surface area contributed by atoms with Crippen molar-refractivity contribution in [1.29, 1.82) is 0 Å². The van der Waals surface area contributed by atoms with E-state index in [2.05, 4.69) is 18.3 Å². The standard InChI is InChI=1S/C16H22N2O3/c1-2-12-5-3-4-6-13(12)11-17-16(21)18(14-7-8-14)10-9-15(19)20/h3-6,14H,2,7-11H2,1H3,(H,17,21)(H,19,20). The lowest BCUT2D eigenvalue weighted by Crippen LogP contribution is -2.42. The summed E-state index contributed by atoms with van der Waals surface area (Å²) in [7, 11) is 0. The molecule has 5 heteroatoms. The minimum absolute atomic E-state index is 0.00450. The summed E-state index contributed by atoms with van der Waals surface area (Å²) >= 11 is 0. The number of hydrogen-bond acceptors (Lipinski definition) is 2. The zero-order valence-electron chi connectivity index (χ0n) is 12.3. The second-order valence-corrected chi connectivity index (χ2v) is 5.35. The van der Waals surface area contributed by atoms with Crippen molar-refractivity contribution >= 4 is 12.0 Å². The molecular formula is C16H22N2O3. The summed E-state index contributed by atoms with van der Waals surface area (Å²) in [6.07, 6.45) is 2.87. The van der Waals surface area contributed by atoms with Gasteiger partial charge in [0, 0.05) is 19.1 Å². The van der Waals surface area contributed by atoms with Gasteiger partial charge in [0.05, 0.1) is 6.42 Å². The SMILES string of the molecule is CCc1ccccc1CNC(=O)N(CCC(=O)O)C1CC1. The van der Waals surface area contributed by atoms with Gasteiger partial charge in [0.1, 0.15) is 0 Å². The van der Waals surface area contributed by atoms with Crippen LogP contribution < -0.4 is 5.32 Å². The highest BCUT2D eigenvalue weighted by molar-refractivity contribution is 5.76. The van der Waals surface area contributed by atoms with Crippen molar-refractivity contribution in [3.63, 3.8) is 0 Å². The van der Waals surface area contributed by atoms with E-state index in [4.69, 9.17) is 5.11 Å². The number of nitrogens with zero attached hydrogens (tertiary/aromatic N) is 1. The van der Waals surface area contributed by atoms with E-state index in [1.807, 2.05) is 18.2 Å². The van der Waals surface area contributed by atoms with Crippen LogP contribution in [0.25, 0.3) is 0 Å². The largest absolute Gasteiger partial charge is 0.481 e. The van der Waals surface area contributed by atoms with Crippen molar-refractivity contribution < 1.29 is 14.7 Å². The smallest absolute Gasteiger partial charge is 0.317 e. The molecule has 1 aliphatic carbocycles. The second kappa shape index (κ2) is 7.11. The Bertz CT molecular complexity index is 512. The molecule has 2 N–H and O–H groups in total. The molecule has 1 aromatic carbocycles. The zero-order valence-corrected chi connectivity index (χ0v) is 12.3. The van der Waals surface area contributed by atoms with Gasteiger partial charge in [-0.05, 0) is 30.4 Å². The number of carboxylic acid groups (broad SMARTS) is 1. The number of carbonyl (C=O) groups is 2. The molecule has 5 nitrogen and oxygen atoms in total. The minimum atomic E-state index is -0.871. The molecule has 0 atom stereocenters. The Morgan fingerprint density at radius 2 is 1.95 bits per heavy atom. The minimum Gasteiger partial charge on any atom is -0.481 e. The van der Waals surface area contributed by atoms with Crippen LogP contribution in [0, 0.1) is 0 Å². The molecule has 1 aliphatic rings. The van der Waals surface area contributed by atoms with Gasteiger partial charge in [0.15, 0.2) is 0 Å². The highest BCUT2D eigenvalue weighted by atomic mass is 16.4. The predicted molar refractivity (Wildman–Crippen MR) is 80.0 cm³/mol. The number of carboxylic acids is 1. The van der Waals surface area contributed by atoms with E-state index in [9.17, 15) is 9.59 Å². The Morgan fingerprint density at radius 1 is 1.29 bits per heavy atom. The van der Waals surface area contributed by atoms with Gasteiger partial charge in [-0.2, -0.15) is 0 Å². The van der Waals surface area contributed by atoms with Gasteiger partial charge in [-0.3, -0.25) is 4.79 Å². The Balaban J connectivity index is 1.91. The van der Waals surface area contributed by atoms with E-state index in [1.54, 1.807) is 4.90 Å². The third kappa shape index (κ3) is 4.48. The van der Waals surface area contributed by atoms with Crippen LogP contribution in [0.2, 0.25) is 0 Å². The predicted octanol–water partition coefficient (Wildman–Crippen LogP) is 2.40. The number of urea groups is 1. The summed E-state index contributed by atoms with van der Waals surface area (Å²) in [5.74, 6) is -0.871. The summed E-state index contributed by atoms with van der Waals surface area (Å²) in [6.45, 7) is 2.85. The van der Waals surface area contributed by atoms with Crippen molar-refractivity contribution in [3.05, 3.63) is 35.4 Å². The fraction of sp³-hybridized carbons (Fsp3) is 0.500. The monoisotopic (exact) mass is 290 g/mol. The van der Waals surface area contributed by atoms with Gasteiger partial charge in [0.2, 0.25) is 0 Å². The van der Waals surface area contributed by atoms with Gasteiger partial charge < -0.3 is 15.3 Å². The summed E-state index contributed by atoms with van der Waals surface area (Å²) in [4.78, 5) is 24.6. The summed E-state index contributed by atoms with van der Waals surface area (Å²) in [5.41, 5.74) is 2.34. The molecule has 114 valence electrons. The molecule has 1 fully saturated rings. The van der Waals surface area contributed by atoms with Crippen molar-refractivity contribution in [3.8, 4) is 0 Å². The molecule has 1 aromatic rings. The van der Waals surface area contributed by atoms with E-state index >= 15 is 0 Å². The first kappa shape index (κ1) is 15.4. The highest BCUT2D eigenvalue weighted by Crippen LogP contribution is 2.27. The lowest BCUT2D eigenvalue weighted by Gasteiger charge is -2.22. The quantitative estimate of drug-likeness (QED) is 0.810. The van der Waals surface area contributed by atoms with E-state index in [1.165, 1.54) is 5.56 Å². The number of aryl methyl sites for hydroxylation is 1.